The van der Waals surface area contributed by atoms with E-state index in [1.807, 2.05) is 42.7 Å². The first kappa shape index (κ1) is 13.6. The maximum Gasteiger partial charge on any atom is 0.155 e. The molecule has 1 N–H and O–H groups in total. The third kappa shape index (κ3) is 2.73. The maximum absolute atomic E-state index is 8.89. The van der Waals surface area contributed by atoms with Gasteiger partial charge >= 0.3 is 0 Å². The molecule has 21 heavy (non-hydrogen) atoms. The van der Waals surface area contributed by atoms with Gasteiger partial charge in [-0.25, -0.2) is 9.50 Å². The molecule has 0 aliphatic heterocycles. The van der Waals surface area contributed by atoms with Crippen LogP contribution in [0.15, 0.2) is 42.7 Å². The molecule has 5 heteroatoms. The maximum atomic E-state index is 8.89. The number of hydrogen-bond acceptors (Lipinski definition) is 4. The summed E-state index contributed by atoms with van der Waals surface area (Å²) < 4.78 is 7.15. The summed E-state index contributed by atoms with van der Waals surface area (Å²) in [6.45, 7) is 0.184. The van der Waals surface area contributed by atoms with Gasteiger partial charge in [0.1, 0.15) is 5.75 Å². The molecule has 3 rings (SSSR count). The van der Waals surface area contributed by atoms with Gasteiger partial charge in [0.2, 0.25) is 0 Å². The number of hydrogen-bond donors (Lipinski definition) is 1. The lowest BCUT2D eigenvalue weighted by Crippen LogP contribution is -1.96. The van der Waals surface area contributed by atoms with E-state index in [-0.39, 0.29) is 6.61 Å². The van der Waals surface area contributed by atoms with Gasteiger partial charge in [-0.2, -0.15) is 5.10 Å². The topological polar surface area (TPSA) is 59.7 Å². The minimum absolute atomic E-state index is 0.184. The summed E-state index contributed by atoms with van der Waals surface area (Å²) in [4.78, 5) is 4.41. The van der Waals surface area contributed by atoms with E-state index in [2.05, 4.69) is 10.1 Å². The van der Waals surface area contributed by atoms with Crippen LogP contribution in [-0.4, -0.2) is 33.4 Å². The Hall–Kier alpha value is -2.40. The molecule has 2 heterocycles. The number of aliphatic hydroxyl groups excluding tert-OH is 1. The monoisotopic (exact) mass is 283 g/mol. The van der Waals surface area contributed by atoms with Crippen molar-refractivity contribution < 1.29 is 9.84 Å². The Kier molecular flexibility index (Phi) is 3.83. The van der Waals surface area contributed by atoms with Gasteiger partial charge in [-0.1, -0.05) is 12.1 Å². The SMILES string of the molecule is COc1ccccc1-c1cc2ncc(CCCO)cn2n1. The molecule has 0 fully saturated rings. The van der Waals surface area contributed by atoms with Gasteiger partial charge in [0.05, 0.1) is 12.8 Å². The lowest BCUT2D eigenvalue weighted by Gasteiger charge is -2.04. The molecule has 0 atom stereocenters. The van der Waals surface area contributed by atoms with Gasteiger partial charge < -0.3 is 9.84 Å². The van der Waals surface area contributed by atoms with Crippen molar-refractivity contribution in [2.24, 2.45) is 0 Å². The van der Waals surface area contributed by atoms with Crippen LogP contribution in [0, 0.1) is 0 Å². The fourth-order valence-corrected chi connectivity index (χ4v) is 2.32. The fraction of sp³-hybridized carbons (Fsp3) is 0.250. The zero-order valence-corrected chi connectivity index (χ0v) is 11.9. The number of aliphatic hydroxyl groups is 1. The highest BCUT2D eigenvalue weighted by Gasteiger charge is 2.10. The molecule has 2 aromatic heterocycles. The summed E-state index contributed by atoms with van der Waals surface area (Å²) in [6, 6.07) is 9.73. The Morgan fingerprint density at radius 1 is 1.29 bits per heavy atom. The van der Waals surface area contributed by atoms with Crippen molar-refractivity contribution in [1.29, 1.82) is 0 Å². The smallest absolute Gasteiger partial charge is 0.155 e. The second kappa shape index (κ2) is 5.93. The molecule has 3 aromatic rings. The van der Waals surface area contributed by atoms with Crippen LogP contribution in [-0.2, 0) is 6.42 Å². The first-order valence-corrected chi connectivity index (χ1v) is 6.90. The second-order valence-electron chi connectivity index (χ2n) is 4.82. The molecule has 0 unspecified atom stereocenters. The molecule has 0 spiro atoms. The van der Waals surface area contributed by atoms with Crippen molar-refractivity contribution >= 4 is 5.65 Å². The fourth-order valence-electron chi connectivity index (χ4n) is 2.32. The van der Waals surface area contributed by atoms with E-state index in [0.717, 1.165) is 41.1 Å². The number of nitrogens with zero attached hydrogens (tertiary/aromatic N) is 3. The van der Waals surface area contributed by atoms with E-state index in [0.29, 0.717) is 0 Å². The summed E-state index contributed by atoms with van der Waals surface area (Å²) in [5.74, 6) is 0.793. The number of para-hydroxylation sites is 1. The van der Waals surface area contributed by atoms with Crippen LogP contribution in [0.2, 0.25) is 0 Å². The Morgan fingerprint density at radius 3 is 2.95 bits per heavy atom. The molecule has 108 valence electrons. The van der Waals surface area contributed by atoms with Crippen LogP contribution in [0.25, 0.3) is 16.9 Å². The van der Waals surface area contributed by atoms with Gasteiger partial charge in [-0.3, -0.25) is 0 Å². The summed E-state index contributed by atoms with van der Waals surface area (Å²) >= 11 is 0. The van der Waals surface area contributed by atoms with Crippen molar-refractivity contribution in [1.82, 2.24) is 14.6 Å². The van der Waals surface area contributed by atoms with Crippen LogP contribution >= 0.6 is 0 Å². The van der Waals surface area contributed by atoms with Crippen LogP contribution < -0.4 is 4.74 Å². The van der Waals surface area contributed by atoms with Crippen LogP contribution in [0.3, 0.4) is 0 Å². The van der Waals surface area contributed by atoms with Gasteiger partial charge in [0.25, 0.3) is 0 Å². The molecular formula is C16H17N3O2. The lowest BCUT2D eigenvalue weighted by molar-refractivity contribution is 0.288. The largest absolute Gasteiger partial charge is 0.496 e. The average Bonchev–Trinajstić information content (AvgIpc) is 2.95. The minimum atomic E-state index is 0.184. The standard InChI is InChI=1S/C16H17N3O2/c1-21-15-7-3-2-6-13(15)14-9-16-17-10-12(5-4-8-20)11-19(16)18-14/h2-3,6-7,9-11,20H,4-5,8H2,1H3. The quantitative estimate of drug-likeness (QED) is 0.780. The van der Waals surface area contributed by atoms with Gasteiger partial charge in [-0.15, -0.1) is 0 Å². The van der Waals surface area contributed by atoms with E-state index in [4.69, 9.17) is 9.84 Å². The highest BCUT2D eigenvalue weighted by molar-refractivity contribution is 5.70. The number of ether oxygens (including phenoxy) is 1. The zero-order chi connectivity index (χ0) is 14.7. The molecule has 0 amide bonds. The number of benzene rings is 1. The number of rotatable bonds is 5. The van der Waals surface area contributed by atoms with Crippen molar-refractivity contribution in [3.63, 3.8) is 0 Å². The first-order valence-electron chi connectivity index (χ1n) is 6.90. The summed E-state index contributed by atoms with van der Waals surface area (Å²) in [6.07, 6.45) is 5.31. The van der Waals surface area contributed by atoms with Crippen molar-refractivity contribution in [3.8, 4) is 17.0 Å². The van der Waals surface area contributed by atoms with Crippen LogP contribution in [0.4, 0.5) is 0 Å². The first-order chi connectivity index (χ1) is 10.3. The second-order valence-corrected chi connectivity index (χ2v) is 4.82. The van der Waals surface area contributed by atoms with Gasteiger partial charge in [0.15, 0.2) is 5.65 Å². The van der Waals surface area contributed by atoms with Crippen LogP contribution in [0.5, 0.6) is 5.75 Å². The van der Waals surface area contributed by atoms with E-state index in [9.17, 15) is 0 Å². The Morgan fingerprint density at radius 2 is 2.14 bits per heavy atom. The number of fused-ring (bicyclic) bond motifs is 1. The highest BCUT2D eigenvalue weighted by Crippen LogP contribution is 2.28. The molecule has 0 bridgehead atoms. The van der Waals surface area contributed by atoms with E-state index in [1.54, 1.807) is 11.6 Å². The predicted molar refractivity (Wildman–Crippen MR) is 80.4 cm³/mol. The molecule has 0 aliphatic carbocycles. The third-order valence-corrected chi connectivity index (χ3v) is 3.37. The molecule has 0 radical (unpaired) electrons. The van der Waals surface area contributed by atoms with E-state index < -0.39 is 0 Å². The van der Waals surface area contributed by atoms with Crippen molar-refractivity contribution in [2.45, 2.75) is 12.8 Å². The molecule has 0 aliphatic rings. The van der Waals surface area contributed by atoms with E-state index >= 15 is 0 Å². The van der Waals surface area contributed by atoms with E-state index in [1.165, 1.54) is 0 Å². The number of aromatic nitrogens is 3. The summed E-state index contributed by atoms with van der Waals surface area (Å²) in [5, 5.41) is 13.5. The molecule has 0 saturated carbocycles. The van der Waals surface area contributed by atoms with Crippen LogP contribution in [0.1, 0.15) is 12.0 Å². The lowest BCUT2D eigenvalue weighted by atomic mass is 10.1. The number of methoxy groups -OCH3 is 1. The summed E-state index contributed by atoms with van der Waals surface area (Å²) in [5.41, 5.74) is 3.64. The predicted octanol–water partition coefficient (Wildman–Crippen LogP) is 2.33. The third-order valence-electron chi connectivity index (χ3n) is 3.37. The van der Waals surface area contributed by atoms with Gasteiger partial charge in [-0.05, 0) is 30.5 Å². The molecule has 1 aromatic carbocycles. The van der Waals surface area contributed by atoms with Crippen molar-refractivity contribution in [2.75, 3.05) is 13.7 Å². The Labute approximate surface area is 122 Å². The molecular weight excluding hydrogens is 266 g/mol. The van der Waals surface area contributed by atoms with Gasteiger partial charge in [0, 0.05) is 30.6 Å². The number of aryl methyl sites for hydroxylation is 1. The highest BCUT2D eigenvalue weighted by atomic mass is 16.5. The minimum Gasteiger partial charge on any atom is -0.496 e. The normalized spacial score (nSPS) is 11.0. The average molecular weight is 283 g/mol. The molecule has 0 saturated heterocycles. The van der Waals surface area contributed by atoms with Crippen molar-refractivity contribution in [3.05, 3.63) is 48.3 Å². The summed E-state index contributed by atoms with van der Waals surface area (Å²) in [7, 11) is 1.65. The Balaban J connectivity index is 2.00. The Bertz CT molecular complexity index is 752. The zero-order valence-electron chi connectivity index (χ0n) is 11.9. The molecule has 5 nitrogen and oxygen atoms in total.